The Morgan fingerprint density at radius 1 is 0.733 bits per heavy atom. The first kappa shape index (κ1) is 14.9. The molecule has 0 aromatic heterocycles. The van der Waals surface area contributed by atoms with Gasteiger partial charge in [-0.2, -0.15) is 0 Å². The number of rotatable bonds is 12. The van der Waals surface area contributed by atoms with E-state index in [-0.39, 0.29) is 0 Å². The van der Waals surface area contributed by atoms with Gasteiger partial charge in [0.05, 0.1) is 0 Å². The van der Waals surface area contributed by atoms with Crippen molar-refractivity contribution in [2.45, 2.75) is 51.4 Å². The fourth-order valence-electron chi connectivity index (χ4n) is 1.65. The molecule has 15 heavy (non-hydrogen) atoms. The second-order valence-corrected chi connectivity index (χ2v) is 4.09. The maximum atomic E-state index is 8.59. The molecule has 0 aliphatic carbocycles. The van der Waals surface area contributed by atoms with Gasteiger partial charge in [0.2, 0.25) is 0 Å². The Morgan fingerprint density at radius 3 is 1.80 bits per heavy atom. The fourth-order valence-corrected chi connectivity index (χ4v) is 1.65. The third-order valence-corrected chi connectivity index (χ3v) is 2.58. The van der Waals surface area contributed by atoms with Gasteiger partial charge in [-0.25, -0.2) is 0 Å². The molecule has 0 heterocycles. The lowest BCUT2D eigenvalue weighted by Gasteiger charge is -2.03. The molecule has 4 N–H and O–H groups in total. The van der Waals surface area contributed by atoms with Crippen molar-refractivity contribution < 1.29 is 5.11 Å². The predicted molar refractivity (Wildman–Crippen MR) is 65.9 cm³/mol. The molecule has 0 aromatic rings. The zero-order chi connectivity index (χ0) is 11.2. The SMILES string of the molecule is NCCNCCCCCCCCCCO. The number of hydrogen-bond acceptors (Lipinski definition) is 3. The van der Waals surface area contributed by atoms with E-state index in [0.29, 0.717) is 6.61 Å². The van der Waals surface area contributed by atoms with E-state index in [0.717, 1.165) is 26.1 Å². The van der Waals surface area contributed by atoms with Crippen LogP contribution in [0.3, 0.4) is 0 Å². The Kier molecular flexibility index (Phi) is 13.8. The summed E-state index contributed by atoms with van der Waals surface area (Å²) in [4.78, 5) is 0. The molecule has 0 atom stereocenters. The number of aliphatic hydroxyl groups is 1. The summed E-state index contributed by atoms with van der Waals surface area (Å²) in [5, 5.41) is 11.9. The molecule has 0 aromatic carbocycles. The first-order valence-corrected chi connectivity index (χ1v) is 6.43. The molecule has 0 fully saturated rings. The summed E-state index contributed by atoms with van der Waals surface area (Å²) < 4.78 is 0. The van der Waals surface area contributed by atoms with Gasteiger partial charge in [0.25, 0.3) is 0 Å². The Hall–Kier alpha value is -0.120. The number of nitrogens with one attached hydrogen (secondary N) is 1. The van der Waals surface area contributed by atoms with E-state index in [4.69, 9.17) is 10.8 Å². The zero-order valence-electron chi connectivity index (χ0n) is 10.0. The summed E-state index contributed by atoms with van der Waals surface area (Å²) in [6.07, 6.45) is 10.1. The molecule has 3 heteroatoms. The van der Waals surface area contributed by atoms with E-state index in [2.05, 4.69) is 5.32 Å². The highest BCUT2D eigenvalue weighted by Gasteiger charge is 1.91. The summed E-state index contributed by atoms with van der Waals surface area (Å²) in [6.45, 7) is 3.15. The van der Waals surface area contributed by atoms with Gasteiger partial charge in [0.15, 0.2) is 0 Å². The Morgan fingerprint density at radius 2 is 1.27 bits per heavy atom. The van der Waals surface area contributed by atoms with Crippen LogP contribution in [-0.4, -0.2) is 31.3 Å². The van der Waals surface area contributed by atoms with Crippen LogP contribution in [-0.2, 0) is 0 Å². The highest BCUT2D eigenvalue weighted by molar-refractivity contribution is 4.50. The monoisotopic (exact) mass is 216 g/mol. The van der Waals surface area contributed by atoms with E-state index in [1.165, 1.54) is 44.9 Å². The van der Waals surface area contributed by atoms with Crippen LogP contribution < -0.4 is 11.1 Å². The standard InChI is InChI=1S/C12H28N2O/c13-9-11-14-10-7-5-3-1-2-4-6-8-12-15/h14-15H,1-13H2. The minimum absolute atomic E-state index is 0.354. The minimum atomic E-state index is 0.354. The van der Waals surface area contributed by atoms with Crippen LogP contribution >= 0.6 is 0 Å². The maximum absolute atomic E-state index is 8.59. The smallest absolute Gasteiger partial charge is 0.0431 e. The van der Waals surface area contributed by atoms with Crippen molar-refractivity contribution in [3.05, 3.63) is 0 Å². The van der Waals surface area contributed by atoms with Crippen LogP contribution in [0, 0.1) is 0 Å². The Labute approximate surface area is 94.4 Å². The summed E-state index contributed by atoms with van der Waals surface area (Å²) in [5.41, 5.74) is 5.37. The first-order valence-electron chi connectivity index (χ1n) is 6.43. The predicted octanol–water partition coefficient (Wildman–Crippen LogP) is 1.65. The lowest BCUT2D eigenvalue weighted by atomic mass is 10.1. The van der Waals surface area contributed by atoms with Gasteiger partial charge in [-0.3, -0.25) is 0 Å². The Bertz CT molecular complexity index is 97.8. The average molecular weight is 216 g/mol. The zero-order valence-corrected chi connectivity index (χ0v) is 10.0. The van der Waals surface area contributed by atoms with Crippen molar-refractivity contribution in [2.75, 3.05) is 26.2 Å². The molecule has 92 valence electrons. The fraction of sp³-hybridized carbons (Fsp3) is 1.00. The van der Waals surface area contributed by atoms with Gasteiger partial charge in [-0.05, 0) is 19.4 Å². The summed E-state index contributed by atoms with van der Waals surface area (Å²) >= 11 is 0. The molecule has 0 amide bonds. The van der Waals surface area contributed by atoms with Crippen molar-refractivity contribution >= 4 is 0 Å². The van der Waals surface area contributed by atoms with Crippen molar-refractivity contribution in [1.82, 2.24) is 5.32 Å². The van der Waals surface area contributed by atoms with Gasteiger partial charge in [0, 0.05) is 19.7 Å². The van der Waals surface area contributed by atoms with Crippen LogP contribution in [0.25, 0.3) is 0 Å². The lowest BCUT2D eigenvalue weighted by molar-refractivity contribution is 0.282. The lowest BCUT2D eigenvalue weighted by Crippen LogP contribution is -2.23. The largest absolute Gasteiger partial charge is 0.396 e. The van der Waals surface area contributed by atoms with Gasteiger partial charge in [0.1, 0.15) is 0 Å². The first-order chi connectivity index (χ1) is 7.41. The van der Waals surface area contributed by atoms with Crippen LogP contribution in [0.15, 0.2) is 0 Å². The van der Waals surface area contributed by atoms with E-state index in [9.17, 15) is 0 Å². The highest BCUT2D eigenvalue weighted by atomic mass is 16.2. The molecule has 0 bridgehead atoms. The van der Waals surface area contributed by atoms with E-state index >= 15 is 0 Å². The number of hydrogen-bond donors (Lipinski definition) is 3. The number of unbranched alkanes of at least 4 members (excludes halogenated alkanes) is 7. The van der Waals surface area contributed by atoms with E-state index in [1.54, 1.807) is 0 Å². The molecule has 0 aliphatic rings. The molecule has 0 spiro atoms. The molecule has 0 rings (SSSR count). The van der Waals surface area contributed by atoms with Gasteiger partial charge in [-0.1, -0.05) is 38.5 Å². The second kappa shape index (κ2) is 13.9. The van der Waals surface area contributed by atoms with Gasteiger partial charge < -0.3 is 16.2 Å². The van der Waals surface area contributed by atoms with Crippen LogP contribution in [0.4, 0.5) is 0 Å². The number of aliphatic hydroxyl groups excluding tert-OH is 1. The summed E-state index contributed by atoms with van der Waals surface area (Å²) in [7, 11) is 0. The van der Waals surface area contributed by atoms with E-state index in [1.807, 2.05) is 0 Å². The topological polar surface area (TPSA) is 58.3 Å². The van der Waals surface area contributed by atoms with Crippen LogP contribution in [0.1, 0.15) is 51.4 Å². The van der Waals surface area contributed by atoms with Crippen molar-refractivity contribution in [3.63, 3.8) is 0 Å². The van der Waals surface area contributed by atoms with Crippen molar-refractivity contribution in [2.24, 2.45) is 5.73 Å². The highest BCUT2D eigenvalue weighted by Crippen LogP contribution is 2.07. The molecule has 0 saturated heterocycles. The quantitative estimate of drug-likeness (QED) is 0.435. The second-order valence-electron chi connectivity index (χ2n) is 4.09. The van der Waals surface area contributed by atoms with Crippen molar-refractivity contribution in [3.8, 4) is 0 Å². The molecular formula is C12H28N2O. The van der Waals surface area contributed by atoms with Crippen LogP contribution in [0.5, 0.6) is 0 Å². The van der Waals surface area contributed by atoms with Crippen LogP contribution in [0.2, 0.25) is 0 Å². The third kappa shape index (κ3) is 13.9. The molecule has 0 unspecified atom stereocenters. The van der Waals surface area contributed by atoms with Gasteiger partial charge in [-0.15, -0.1) is 0 Å². The number of nitrogens with two attached hydrogens (primary N) is 1. The third-order valence-electron chi connectivity index (χ3n) is 2.58. The molecule has 0 radical (unpaired) electrons. The van der Waals surface area contributed by atoms with Crippen molar-refractivity contribution in [1.29, 1.82) is 0 Å². The summed E-state index contributed by atoms with van der Waals surface area (Å²) in [6, 6.07) is 0. The Balaban J connectivity index is 2.81. The normalized spacial score (nSPS) is 10.8. The summed E-state index contributed by atoms with van der Waals surface area (Å²) in [5.74, 6) is 0. The maximum Gasteiger partial charge on any atom is 0.0431 e. The minimum Gasteiger partial charge on any atom is -0.396 e. The molecule has 3 nitrogen and oxygen atoms in total. The molecular weight excluding hydrogens is 188 g/mol. The molecule has 0 saturated carbocycles. The van der Waals surface area contributed by atoms with Gasteiger partial charge >= 0.3 is 0 Å². The molecule has 0 aliphatic heterocycles. The van der Waals surface area contributed by atoms with E-state index < -0.39 is 0 Å². The average Bonchev–Trinajstić information content (AvgIpc) is 2.26.